The molecule has 1 atom stereocenters. The van der Waals surface area contributed by atoms with Crippen molar-refractivity contribution in [2.45, 2.75) is 51.6 Å². The van der Waals surface area contributed by atoms with Crippen LogP contribution in [0.2, 0.25) is 0 Å². The summed E-state index contributed by atoms with van der Waals surface area (Å²) < 4.78 is 11.0. The third kappa shape index (κ3) is 4.46. The molecule has 0 aromatic heterocycles. The normalized spacial score (nSPS) is 17.1. The van der Waals surface area contributed by atoms with Crippen LogP contribution in [0, 0.1) is 0 Å². The summed E-state index contributed by atoms with van der Waals surface area (Å²) in [5.41, 5.74) is 0.479. The fourth-order valence-corrected chi connectivity index (χ4v) is 2.18. The first-order valence-electron chi connectivity index (χ1n) is 7.74. The molecule has 0 radical (unpaired) electrons. The minimum absolute atomic E-state index is 0.248. The van der Waals surface area contributed by atoms with Gasteiger partial charge in [0, 0.05) is 6.04 Å². The Morgan fingerprint density at radius 2 is 1.95 bits per heavy atom. The first-order chi connectivity index (χ1) is 10.1. The lowest BCUT2D eigenvalue weighted by Gasteiger charge is -2.28. The van der Waals surface area contributed by atoms with Crippen molar-refractivity contribution >= 4 is 5.97 Å². The van der Waals surface area contributed by atoms with Crippen LogP contribution >= 0.6 is 0 Å². The van der Waals surface area contributed by atoms with Gasteiger partial charge in [0.15, 0.2) is 0 Å². The van der Waals surface area contributed by atoms with Crippen molar-refractivity contribution in [1.82, 2.24) is 5.32 Å². The smallest absolute Gasteiger partial charge is 0.329 e. The highest BCUT2D eigenvalue weighted by atomic mass is 16.5. The predicted octanol–water partition coefficient (Wildman–Crippen LogP) is 2.70. The second-order valence-electron chi connectivity index (χ2n) is 5.76. The van der Waals surface area contributed by atoms with Crippen molar-refractivity contribution in [1.29, 1.82) is 0 Å². The maximum atomic E-state index is 12.2. The van der Waals surface area contributed by atoms with Crippen LogP contribution in [0.5, 0.6) is 5.75 Å². The van der Waals surface area contributed by atoms with E-state index in [0.29, 0.717) is 12.6 Å². The second kappa shape index (κ2) is 6.94. The molecule has 1 aliphatic rings. The maximum absolute atomic E-state index is 12.2. The van der Waals surface area contributed by atoms with E-state index < -0.39 is 5.54 Å². The zero-order valence-corrected chi connectivity index (χ0v) is 13.1. The van der Waals surface area contributed by atoms with E-state index in [4.69, 9.17) is 9.47 Å². The molecular weight excluding hydrogens is 266 g/mol. The summed E-state index contributed by atoms with van der Waals surface area (Å²) in [5.74, 6) is 0.530. The van der Waals surface area contributed by atoms with Crippen LogP contribution in [0.1, 0.15) is 39.2 Å². The molecular formula is C17H25NO3. The van der Waals surface area contributed by atoms with E-state index in [1.807, 2.05) is 38.1 Å². The van der Waals surface area contributed by atoms with E-state index in [2.05, 4.69) is 12.2 Å². The Bertz CT molecular complexity index is 467. The largest absolute Gasteiger partial charge is 0.491 e. The summed E-state index contributed by atoms with van der Waals surface area (Å²) in [6.07, 6.45) is 3.23. The van der Waals surface area contributed by atoms with Gasteiger partial charge in [-0.1, -0.05) is 19.1 Å². The Hall–Kier alpha value is -1.55. The molecule has 4 heteroatoms. The summed E-state index contributed by atoms with van der Waals surface area (Å²) in [6, 6.07) is 8.39. The third-order valence-corrected chi connectivity index (χ3v) is 3.69. The van der Waals surface area contributed by atoms with Crippen molar-refractivity contribution in [2.24, 2.45) is 0 Å². The molecule has 0 spiro atoms. The number of rotatable bonds is 8. The van der Waals surface area contributed by atoms with Crippen molar-refractivity contribution in [2.75, 3.05) is 13.2 Å². The predicted molar refractivity (Wildman–Crippen MR) is 82.5 cm³/mol. The van der Waals surface area contributed by atoms with Gasteiger partial charge in [-0.25, -0.2) is 4.79 Å². The summed E-state index contributed by atoms with van der Waals surface area (Å²) >= 11 is 0. The molecule has 1 saturated carbocycles. The Labute approximate surface area is 126 Å². The molecule has 2 rings (SSSR count). The van der Waals surface area contributed by atoms with Crippen LogP contribution in [-0.2, 0) is 16.0 Å². The van der Waals surface area contributed by atoms with Crippen LogP contribution < -0.4 is 10.1 Å². The Kier molecular flexibility index (Phi) is 5.23. The molecule has 116 valence electrons. The molecule has 0 heterocycles. The zero-order chi connectivity index (χ0) is 15.3. The Morgan fingerprint density at radius 3 is 2.48 bits per heavy atom. The SMILES string of the molecule is CCOC(=O)C(C)(COc1ccc(CC)cc1)NC1CC1. The molecule has 1 aliphatic carbocycles. The average Bonchev–Trinajstić information content (AvgIpc) is 3.30. The number of aryl methyl sites for hydroxylation is 1. The summed E-state index contributed by atoms with van der Waals surface area (Å²) in [4.78, 5) is 12.2. The van der Waals surface area contributed by atoms with Crippen molar-refractivity contribution in [3.63, 3.8) is 0 Å². The van der Waals surface area contributed by atoms with Gasteiger partial charge in [-0.3, -0.25) is 5.32 Å². The number of hydrogen-bond donors (Lipinski definition) is 1. The highest BCUT2D eigenvalue weighted by molar-refractivity contribution is 5.80. The third-order valence-electron chi connectivity index (χ3n) is 3.69. The van der Waals surface area contributed by atoms with Crippen LogP contribution in [0.25, 0.3) is 0 Å². The van der Waals surface area contributed by atoms with Crippen LogP contribution in [-0.4, -0.2) is 30.8 Å². The van der Waals surface area contributed by atoms with Gasteiger partial charge < -0.3 is 9.47 Å². The van der Waals surface area contributed by atoms with Crippen LogP contribution in [0.4, 0.5) is 0 Å². The highest BCUT2D eigenvalue weighted by Crippen LogP contribution is 2.24. The molecule has 4 nitrogen and oxygen atoms in total. The molecule has 1 aromatic carbocycles. The van der Waals surface area contributed by atoms with E-state index in [9.17, 15) is 4.79 Å². The Balaban J connectivity index is 1.98. The first kappa shape index (κ1) is 15.8. The number of carbonyl (C=O) groups excluding carboxylic acids is 1. The molecule has 0 aliphatic heterocycles. The summed E-state index contributed by atoms with van der Waals surface area (Å²) in [6.45, 7) is 6.44. The molecule has 21 heavy (non-hydrogen) atoms. The van der Waals surface area contributed by atoms with Crippen LogP contribution in [0.3, 0.4) is 0 Å². The van der Waals surface area contributed by atoms with Gasteiger partial charge in [0.05, 0.1) is 6.61 Å². The monoisotopic (exact) mass is 291 g/mol. The standard InChI is InChI=1S/C17H25NO3/c1-4-13-6-10-15(11-7-13)21-12-17(3,16(19)20-5-2)18-14-8-9-14/h6-7,10-11,14,18H,4-5,8-9,12H2,1-3H3. The second-order valence-corrected chi connectivity index (χ2v) is 5.76. The molecule has 1 N–H and O–H groups in total. The fraction of sp³-hybridized carbons (Fsp3) is 0.588. The summed E-state index contributed by atoms with van der Waals surface area (Å²) in [5, 5.41) is 3.35. The number of carbonyl (C=O) groups is 1. The van der Waals surface area contributed by atoms with Crippen molar-refractivity contribution in [3.8, 4) is 5.75 Å². The van der Waals surface area contributed by atoms with Crippen molar-refractivity contribution in [3.05, 3.63) is 29.8 Å². The van der Waals surface area contributed by atoms with E-state index >= 15 is 0 Å². The number of nitrogens with one attached hydrogen (secondary N) is 1. The van der Waals surface area contributed by atoms with Crippen molar-refractivity contribution < 1.29 is 14.3 Å². The molecule has 0 saturated heterocycles. The number of hydrogen-bond acceptors (Lipinski definition) is 4. The minimum Gasteiger partial charge on any atom is -0.491 e. The van der Waals surface area contributed by atoms with E-state index in [1.54, 1.807) is 0 Å². The van der Waals surface area contributed by atoms with Crippen LogP contribution in [0.15, 0.2) is 24.3 Å². The Morgan fingerprint density at radius 1 is 1.29 bits per heavy atom. The van der Waals surface area contributed by atoms with E-state index in [-0.39, 0.29) is 12.6 Å². The molecule has 0 bridgehead atoms. The zero-order valence-electron chi connectivity index (χ0n) is 13.1. The van der Waals surface area contributed by atoms with Gasteiger partial charge in [0.25, 0.3) is 0 Å². The lowest BCUT2D eigenvalue weighted by Crippen LogP contribution is -2.55. The number of benzene rings is 1. The quantitative estimate of drug-likeness (QED) is 0.748. The first-order valence-corrected chi connectivity index (χ1v) is 7.74. The maximum Gasteiger partial charge on any atom is 0.329 e. The number of esters is 1. The van der Waals surface area contributed by atoms with Gasteiger partial charge in [-0.15, -0.1) is 0 Å². The molecule has 1 unspecified atom stereocenters. The minimum atomic E-state index is -0.791. The molecule has 0 amide bonds. The lowest BCUT2D eigenvalue weighted by atomic mass is 10.0. The number of ether oxygens (including phenoxy) is 2. The molecule has 1 aromatic rings. The summed E-state index contributed by atoms with van der Waals surface area (Å²) in [7, 11) is 0. The van der Waals surface area contributed by atoms with Gasteiger partial charge in [0.1, 0.15) is 17.9 Å². The van der Waals surface area contributed by atoms with Gasteiger partial charge in [-0.05, 0) is 50.8 Å². The topological polar surface area (TPSA) is 47.6 Å². The average molecular weight is 291 g/mol. The van der Waals surface area contributed by atoms with Gasteiger partial charge in [0.2, 0.25) is 0 Å². The highest BCUT2D eigenvalue weighted by Gasteiger charge is 2.40. The van der Waals surface area contributed by atoms with E-state index in [0.717, 1.165) is 25.0 Å². The van der Waals surface area contributed by atoms with E-state index in [1.165, 1.54) is 5.56 Å². The van der Waals surface area contributed by atoms with Gasteiger partial charge in [-0.2, -0.15) is 0 Å². The van der Waals surface area contributed by atoms with Gasteiger partial charge >= 0.3 is 5.97 Å². The fourth-order valence-electron chi connectivity index (χ4n) is 2.18. The molecule has 1 fully saturated rings. The lowest BCUT2D eigenvalue weighted by molar-refractivity contribution is -0.152.